The van der Waals surface area contributed by atoms with Gasteiger partial charge < -0.3 is 10.1 Å². The van der Waals surface area contributed by atoms with Crippen LogP contribution >= 0.6 is 15.9 Å². The number of esters is 1. The first-order valence-electron chi connectivity index (χ1n) is 4.11. The van der Waals surface area contributed by atoms with Gasteiger partial charge in [0, 0.05) is 23.9 Å². The number of likely N-dealkylation sites (N-methyl/N-ethyl adjacent to an activating group) is 1. The monoisotopic (exact) mass is 272 g/mol. The van der Waals surface area contributed by atoms with Crippen molar-refractivity contribution >= 4 is 27.8 Å². The average molecular weight is 273 g/mol. The molecule has 0 saturated carbocycles. The summed E-state index contributed by atoms with van der Waals surface area (Å²) in [6.45, 7) is -0.290. The van der Waals surface area contributed by atoms with E-state index in [1.807, 2.05) is 0 Å². The van der Waals surface area contributed by atoms with Crippen molar-refractivity contribution < 1.29 is 14.3 Å². The van der Waals surface area contributed by atoms with Crippen LogP contribution in [0.3, 0.4) is 0 Å². The zero-order valence-electron chi connectivity index (χ0n) is 7.99. The van der Waals surface area contributed by atoms with E-state index in [1.165, 1.54) is 13.2 Å². The van der Waals surface area contributed by atoms with Gasteiger partial charge in [0.05, 0.1) is 5.56 Å². The van der Waals surface area contributed by atoms with Gasteiger partial charge in [0.2, 0.25) is 0 Å². The Bertz CT molecular complexity index is 381. The van der Waals surface area contributed by atoms with Gasteiger partial charge in [-0.15, -0.1) is 0 Å². The number of carbonyl (C=O) groups is 2. The predicted molar refractivity (Wildman–Crippen MR) is 56.3 cm³/mol. The third kappa shape index (κ3) is 3.67. The van der Waals surface area contributed by atoms with Crippen molar-refractivity contribution in [2.45, 2.75) is 0 Å². The maximum atomic E-state index is 11.4. The van der Waals surface area contributed by atoms with Crippen molar-refractivity contribution in [1.82, 2.24) is 10.3 Å². The summed E-state index contributed by atoms with van der Waals surface area (Å²) >= 11 is 3.17. The zero-order valence-corrected chi connectivity index (χ0v) is 9.58. The van der Waals surface area contributed by atoms with Crippen LogP contribution < -0.4 is 5.32 Å². The molecule has 6 heteroatoms. The first-order valence-corrected chi connectivity index (χ1v) is 4.91. The minimum Gasteiger partial charge on any atom is -0.452 e. The number of aromatic nitrogens is 1. The lowest BCUT2D eigenvalue weighted by molar-refractivity contribution is -0.123. The van der Waals surface area contributed by atoms with E-state index in [1.54, 1.807) is 12.3 Å². The zero-order chi connectivity index (χ0) is 11.3. The summed E-state index contributed by atoms with van der Waals surface area (Å²) in [5.41, 5.74) is 0.299. The standard InChI is InChI=1S/C9H9BrN2O3/c1-11-8(13)5-15-9(14)6-2-7(10)4-12-3-6/h2-4H,5H2,1H3,(H,11,13). The number of hydrogen-bond donors (Lipinski definition) is 1. The molecule has 1 N–H and O–H groups in total. The maximum absolute atomic E-state index is 11.4. The number of nitrogens with one attached hydrogen (secondary N) is 1. The molecular weight excluding hydrogens is 264 g/mol. The number of hydrogen-bond acceptors (Lipinski definition) is 4. The Labute approximate surface area is 95.0 Å². The van der Waals surface area contributed by atoms with Crippen molar-refractivity contribution in [3.05, 3.63) is 28.5 Å². The van der Waals surface area contributed by atoms with Gasteiger partial charge >= 0.3 is 5.97 Å². The molecule has 1 amide bonds. The Hall–Kier alpha value is -1.43. The summed E-state index contributed by atoms with van der Waals surface area (Å²) in [5.74, 6) is -0.932. The second kappa shape index (κ2) is 5.45. The Kier molecular flexibility index (Phi) is 4.23. The van der Waals surface area contributed by atoms with Crippen LogP contribution in [0.25, 0.3) is 0 Å². The molecule has 15 heavy (non-hydrogen) atoms. The molecule has 1 heterocycles. The van der Waals surface area contributed by atoms with Crippen LogP contribution in [0.15, 0.2) is 22.9 Å². The summed E-state index contributed by atoms with van der Waals surface area (Å²) < 4.78 is 5.40. The lowest BCUT2D eigenvalue weighted by Gasteiger charge is -2.03. The van der Waals surface area contributed by atoms with E-state index in [-0.39, 0.29) is 12.5 Å². The van der Waals surface area contributed by atoms with Gasteiger partial charge in [0.1, 0.15) is 0 Å². The minimum absolute atomic E-state index is 0.290. The van der Waals surface area contributed by atoms with Crippen LogP contribution in [0.1, 0.15) is 10.4 Å². The van der Waals surface area contributed by atoms with E-state index in [9.17, 15) is 9.59 Å². The molecule has 0 radical (unpaired) electrons. The molecule has 0 saturated heterocycles. The number of carbonyl (C=O) groups excluding carboxylic acids is 2. The van der Waals surface area contributed by atoms with Gasteiger partial charge in [0.25, 0.3) is 5.91 Å². The number of nitrogens with zero attached hydrogens (tertiary/aromatic N) is 1. The van der Waals surface area contributed by atoms with E-state index < -0.39 is 5.97 Å². The number of amides is 1. The van der Waals surface area contributed by atoms with Crippen molar-refractivity contribution in [2.75, 3.05) is 13.7 Å². The second-order valence-electron chi connectivity index (χ2n) is 2.64. The normalized spacial score (nSPS) is 9.47. The summed E-state index contributed by atoms with van der Waals surface area (Å²) in [7, 11) is 1.47. The maximum Gasteiger partial charge on any atom is 0.340 e. The topological polar surface area (TPSA) is 68.3 Å². The highest BCUT2D eigenvalue weighted by atomic mass is 79.9. The second-order valence-corrected chi connectivity index (χ2v) is 3.56. The third-order valence-corrected chi connectivity index (χ3v) is 1.99. The summed E-state index contributed by atoms with van der Waals surface area (Å²) in [4.78, 5) is 26.0. The van der Waals surface area contributed by atoms with Crippen molar-refractivity contribution in [3.63, 3.8) is 0 Å². The van der Waals surface area contributed by atoms with E-state index >= 15 is 0 Å². The molecule has 5 nitrogen and oxygen atoms in total. The lowest BCUT2D eigenvalue weighted by atomic mass is 10.3. The smallest absolute Gasteiger partial charge is 0.340 e. The summed E-state index contributed by atoms with van der Waals surface area (Å²) in [6, 6.07) is 1.57. The van der Waals surface area contributed by atoms with E-state index in [0.29, 0.717) is 10.0 Å². The van der Waals surface area contributed by atoms with E-state index in [2.05, 4.69) is 26.2 Å². The highest BCUT2D eigenvalue weighted by Gasteiger charge is 2.09. The highest BCUT2D eigenvalue weighted by Crippen LogP contribution is 2.10. The van der Waals surface area contributed by atoms with Gasteiger partial charge in [-0.05, 0) is 22.0 Å². The number of rotatable bonds is 3. The SMILES string of the molecule is CNC(=O)COC(=O)c1cncc(Br)c1. The van der Waals surface area contributed by atoms with Gasteiger partial charge in [-0.1, -0.05) is 0 Å². The molecule has 0 aliphatic carbocycles. The fraction of sp³-hybridized carbons (Fsp3) is 0.222. The van der Waals surface area contributed by atoms with Crippen LogP contribution in [-0.4, -0.2) is 30.5 Å². The third-order valence-electron chi connectivity index (χ3n) is 1.55. The fourth-order valence-electron chi connectivity index (χ4n) is 0.810. The first kappa shape index (κ1) is 11.6. The van der Waals surface area contributed by atoms with E-state index in [4.69, 9.17) is 4.74 Å². The quantitative estimate of drug-likeness (QED) is 0.825. The molecule has 0 aromatic carbocycles. The molecule has 0 unspecified atom stereocenters. The van der Waals surface area contributed by atoms with Crippen LogP contribution in [0, 0.1) is 0 Å². The van der Waals surface area contributed by atoms with Gasteiger partial charge in [-0.3, -0.25) is 9.78 Å². The Morgan fingerprint density at radius 2 is 2.27 bits per heavy atom. The summed E-state index contributed by atoms with van der Waals surface area (Å²) in [6.07, 6.45) is 2.92. The first-order chi connectivity index (χ1) is 7.13. The van der Waals surface area contributed by atoms with Gasteiger partial charge in [-0.2, -0.15) is 0 Å². The van der Waals surface area contributed by atoms with Crippen molar-refractivity contribution in [2.24, 2.45) is 0 Å². The molecular formula is C9H9BrN2O3. The number of pyridine rings is 1. The largest absolute Gasteiger partial charge is 0.452 e. The van der Waals surface area contributed by atoms with E-state index in [0.717, 1.165) is 0 Å². The molecule has 1 aromatic rings. The Morgan fingerprint density at radius 1 is 1.53 bits per heavy atom. The molecule has 0 spiro atoms. The molecule has 0 aliphatic rings. The van der Waals surface area contributed by atoms with Crippen LogP contribution in [0.4, 0.5) is 0 Å². The molecule has 80 valence electrons. The average Bonchev–Trinajstić information content (AvgIpc) is 2.25. The van der Waals surface area contributed by atoms with Crippen LogP contribution in [0.5, 0.6) is 0 Å². The lowest BCUT2D eigenvalue weighted by Crippen LogP contribution is -2.25. The van der Waals surface area contributed by atoms with Gasteiger partial charge in [-0.25, -0.2) is 4.79 Å². The van der Waals surface area contributed by atoms with Crippen LogP contribution in [-0.2, 0) is 9.53 Å². The molecule has 0 bridgehead atoms. The highest BCUT2D eigenvalue weighted by molar-refractivity contribution is 9.10. The van der Waals surface area contributed by atoms with Crippen molar-refractivity contribution in [3.8, 4) is 0 Å². The predicted octanol–water partition coefficient (Wildman–Crippen LogP) is 0.747. The van der Waals surface area contributed by atoms with Crippen LogP contribution in [0.2, 0.25) is 0 Å². The Morgan fingerprint density at radius 3 is 2.87 bits per heavy atom. The van der Waals surface area contributed by atoms with Crippen molar-refractivity contribution in [1.29, 1.82) is 0 Å². The number of halogens is 1. The fourth-order valence-corrected chi connectivity index (χ4v) is 1.17. The minimum atomic E-state index is -0.576. The number of ether oxygens (including phenoxy) is 1. The Balaban J connectivity index is 2.58. The molecule has 1 aromatic heterocycles. The molecule has 1 rings (SSSR count). The molecule has 0 aliphatic heterocycles. The molecule has 0 atom stereocenters. The summed E-state index contributed by atoms with van der Waals surface area (Å²) in [5, 5.41) is 2.34. The molecule has 0 fully saturated rings. The van der Waals surface area contributed by atoms with Gasteiger partial charge in [0.15, 0.2) is 6.61 Å².